The maximum Gasteiger partial charge on any atom is 0.258 e. The van der Waals surface area contributed by atoms with Crippen molar-refractivity contribution >= 4 is 21.5 Å². The van der Waals surface area contributed by atoms with E-state index in [1.54, 1.807) is 42.5 Å². The zero-order valence-electron chi connectivity index (χ0n) is 10.4. The monoisotopic (exact) mass is 291 g/mol. The third-order valence-corrected chi connectivity index (χ3v) is 3.53. The third kappa shape index (κ3) is 3.52. The quantitative estimate of drug-likeness (QED) is 0.756. The van der Waals surface area contributed by atoms with Gasteiger partial charge in [0.05, 0.1) is 11.0 Å². The molecule has 0 aromatic heterocycles. The van der Waals surface area contributed by atoms with E-state index in [4.69, 9.17) is 0 Å². The summed E-state index contributed by atoms with van der Waals surface area (Å²) in [6.45, 7) is 0. The summed E-state index contributed by atoms with van der Waals surface area (Å²) in [6, 6.07) is 14.2. The molecule has 0 spiro atoms. The van der Waals surface area contributed by atoms with Gasteiger partial charge in [0.2, 0.25) is 0 Å². The van der Waals surface area contributed by atoms with E-state index in [1.165, 1.54) is 12.1 Å². The molecule has 0 heterocycles. The minimum Gasteiger partial charge on any atom is -0.507 e. The average molecular weight is 291 g/mol. The molecule has 0 aliphatic rings. The maximum atomic E-state index is 11.9. The number of anilines is 1. The van der Waals surface area contributed by atoms with Crippen LogP contribution < -0.4 is 4.72 Å². The van der Waals surface area contributed by atoms with Crippen LogP contribution in [0.2, 0.25) is 0 Å². The first-order valence-corrected chi connectivity index (χ1v) is 7.29. The molecular formula is C14H13NO4S. The van der Waals surface area contributed by atoms with E-state index in [-0.39, 0.29) is 11.3 Å². The van der Waals surface area contributed by atoms with E-state index in [0.29, 0.717) is 11.1 Å². The number of hydrogen-bond donors (Lipinski definition) is 3. The summed E-state index contributed by atoms with van der Waals surface area (Å²) in [6.07, 6.45) is 0. The molecule has 0 saturated heterocycles. The Kier molecular flexibility index (Phi) is 3.95. The molecule has 2 aromatic carbocycles. The second-order valence-corrected chi connectivity index (χ2v) is 5.56. The molecule has 0 aliphatic heterocycles. The number of aromatic hydroxyl groups is 1. The van der Waals surface area contributed by atoms with E-state index >= 15 is 0 Å². The van der Waals surface area contributed by atoms with Crippen LogP contribution in [-0.4, -0.2) is 18.6 Å². The van der Waals surface area contributed by atoms with Gasteiger partial charge in [-0.3, -0.25) is 4.72 Å². The summed E-state index contributed by atoms with van der Waals surface area (Å²) in [5.74, 6) is -0.734. The maximum absolute atomic E-state index is 11.9. The van der Waals surface area contributed by atoms with E-state index in [9.17, 15) is 18.6 Å². The van der Waals surface area contributed by atoms with Crippen molar-refractivity contribution in [3.8, 4) is 5.75 Å². The first-order chi connectivity index (χ1) is 9.48. The summed E-state index contributed by atoms with van der Waals surface area (Å²) >= 11 is 0. The normalized spacial score (nSPS) is 12.1. The Labute approximate surface area is 116 Å². The molecule has 0 bridgehead atoms. The molecule has 6 heteroatoms. The fourth-order valence-corrected chi connectivity index (χ4v) is 2.55. The summed E-state index contributed by atoms with van der Waals surface area (Å²) in [5, 5.41) is 20.0. The summed E-state index contributed by atoms with van der Waals surface area (Å²) in [7, 11) is -3.87. The van der Waals surface area contributed by atoms with Crippen LogP contribution >= 0.6 is 0 Å². The summed E-state index contributed by atoms with van der Waals surface area (Å²) < 4.78 is 26.0. The molecule has 5 nitrogen and oxygen atoms in total. The van der Waals surface area contributed by atoms with Crippen LogP contribution in [0.4, 0.5) is 5.69 Å². The highest BCUT2D eigenvalue weighted by molar-refractivity contribution is 7.95. The molecule has 2 aromatic rings. The van der Waals surface area contributed by atoms with E-state index in [1.807, 2.05) is 0 Å². The minimum absolute atomic E-state index is 0.0472. The van der Waals surface area contributed by atoms with Crippen LogP contribution in [0.3, 0.4) is 0 Å². The molecule has 0 fully saturated rings. The zero-order valence-corrected chi connectivity index (χ0v) is 11.2. The number of aliphatic hydroxyl groups excluding tert-OH is 1. The highest BCUT2D eigenvalue weighted by atomic mass is 32.2. The number of nitrogens with one attached hydrogen (secondary N) is 1. The SMILES string of the molecule is O=S(=O)(C=C(O)c1ccccc1O)Nc1ccccc1. The molecule has 2 rings (SSSR count). The van der Waals surface area contributed by atoms with Crippen LogP contribution in [0.1, 0.15) is 5.56 Å². The van der Waals surface area contributed by atoms with Crippen LogP contribution in [0.25, 0.3) is 5.76 Å². The van der Waals surface area contributed by atoms with Crippen molar-refractivity contribution in [1.29, 1.82) is 0 Å². The molecule has 3 N–H and O–H groups in total. The largest absolute Gasteiger partial charge is 0.507 e. The lowest BCUT2D eigenvalue weighted by Crippen LogP contribution is -2.09. The standard InChI is InChI=1S/C14H13NO4S/c16-13-9-5-4-8-12(13)14(17)10-20(18,19)15-11-6-2-1-3-7-11/h1-10,15-17H. The van der Waals surface area contributed by atoms with Crippen LogP contribution in [0.15, 0.2) is 60.0 Å². The summed E-state index contributed by atoms with van der Waals surface area (Å²) in [5.41, 5.74) is 0.430. The first kappa shape index (κ1) is 14.0. The average Bonchev–Trinajstić information content (AvgIpc) is 2.39. The Bertz CT molecular complexity index is 724. The van der Waals surface area contributed by atoms with Crippen molar-refractivity contribution in [2.24, 2.45) is 0 Å². The number of phenolic OH excluding ortho intramolecular Hbond substituents is 1. The van der Waals surface area contributed by atoms with Crippen LogP contribution in [0, 0.1) is 0 Å². The van der Waals surface area contributed by atoms with Gasteiger partial charge in [0.1, 0.15) is 11.5 Å². The number of para-hydroxylation sites is 2. The van der Waals surface area contributed by atoms with E-state index < -0.39 is 15.8 Å². The zero-order chi connectivity index (χ0) is 14.6. The van der Waals surface area contributed by atoms with Crippen LogP contribution in [-0.2, 0) is 10.0 Å². The van der Waals surface area contributed by atoms with Gasteiger partial charge in [-0.25, -0.2) is 8.42 Å². The molecular weight excluding hydrogens is 278 g/mol. The predicted molar refractivity (Wildman–Crippen MR) is 77.7 cm³/mol. The van der Waals surface area contributed by atoms with Crippen molar-refractivity contribution < 1.29 is 18.6 Å². The first-order valence-electron chi connectivity index (χ1n) is 5.75. The van der Waals surface area contributed by atoms with Gasteiger partial charge in [0, 0.05) is 5.69 Å². The van der Waals surface area contributed by atoms with Crippen molar-refractivity contribution in [3.05, 3.63) is 65.6 Å². The second-order valence-electron chi connectivity index (χ2n) is 4.03. The number of benzene rings is 2. The molecule has 20 heavy (non-hydrogen) atoms. The fourth-order valence-electron chi connectivity index (χ4n) is 1.60. The third-order valence-electron chi connectivity index (χ3n) is 2.48. The predicted octanol–water partition coefficient (Wildman–Crippen LogP) is 2.69. The number of hydrogen-bond acceptors (Lipinski definition) is 4. The fraction of sp³-hybridized carbons (Fsp3) is 0. The lowest BCUT2D eigenvalue weighted by Gasteiger charge is -2.06. The Morgan fingerprint density at radius 3 is 2.25 bits per heavy atom. The topological polar surface area (TPSA) is 86.6 Å². The van der Waals surface area contributed by atoms with Gasteiger partial charge in [-0.2, -0.15) is 0 Å². The molecule has 104 valence electrons. The molecule has 0 amide bonds. The molecule has 0 aliphatic carbocycles. The number of aliphatic hydroxyl groups is 1. The van der Waals surface area contributed by atoms with Crippen LogP contribution in [0.5, 0.6) is 5.75 Å². The van der Waals surface area contributed by atoms with Gasteiger partial charge >= 0.3 is 0 Å². The lowest BCUT2D eigenvalue weighted by molar-refractivity contribution is 0.460. The van der Waals surface area contributed by atoms with Crippen molar-refractivity contribution in [3.63, 3.8) is 0 Å². The van der Waals surface area contributed by atoms with E-state index in [2.05, 4.69) is 4.72 Å². The van der Waals surface area contributed by atoms with Gasteiger partial charge in [-0.1, -0.05) is 30.3 Å². The highest BCUT2D eigenvalue weighted by Crippen LogP contribution is 2.23. The van der Waals surface area contributed by atoms with Gasteiger partial charge < -0.3 is 10.2 Å². The molecule has 0 saturated carbocycles. The lowest BCUT2D eigenvalue weighted by atomic mass is 10.2. The Hall–Kier alpha value is -2.47. The molecule has 0 radical (unpaired) electrons. The van der Waals surface area contributed by atoms with Crippen molar-refractivity contribution in [2.75, 3.05) is 4.72 Å². The van der Waals surface area contributed by atoms with E-state index in [0.717, 1.165) is 0 Å². The summed E-state index contributed by atoms with van der Waals surface area (Å²) in [4.78, 5) is 0. The van der Waals surface area contributed by atoms with Crippen molar-refractivity contribution in [1.82, 2.24) is 0 Å². The minimum atomic E-state index is -3.87. The van der Waals surface area contributed by atoms with Gasteiger partial charge in [0.15, 0.2) is 0 Å². The molecule has 0 atom stereocenters. The Morgan fingerprint density at radius 2 is 1.60 bits per heavy atom. The molecule has 0 unspecified atom stereocenters. The number of sulfonamides is 1. The Balaban J connectivity index is 2.27. The Morgan fingerprint density at radius 1 is 1.00 bits per heavy atom. The van der Waals surface area contributed by atoms with Gasteiger partial charge in [-0.15, -0.1) is 0 Å². The number of phenols is 1. The van der Waals surface area contributed by atoms with Gasteiger partial charge in [0.25, 0.3) is 10.0 Å². The highest BCUT2D eigenvalue weighted by Gasteiger charge is 2.12. The number of rotatable bonds is 4. The van der Waals surface area contributed by atoms with Crippen molar-refractivity contribution in [2.45, 2.75) is 0 Å². The second kappa shape index (κ2) is 5.66. The van der Waals surface area contributed by atoms with Gasteiger partial charge in [-0.05, 0) is 24.3 Å². The smallest absolute Gasteiger partial charge is 0.258 e.